The van der Waals surface area contributed by atoms with Crippen molar-refractivity contribution in [1.82, 2.24) is 4.98 Å². The summed E-state index contributed by atoms with van der Waals surface area (Å²) in [6, 6.07) is 4.36. The fraction of sp³-hybridized carbons (Fsp3) is 0.231. The fourth-order valence-electron chi connectivity index (χ4n) is 1.76. The lowest BCUT2D eigenvalue weighted by molar-refractivity contribution is 0.102. The van der Waals surface area contributed by atoms with Crippen LogP contribution in [0.3, 0.4) is 0 Å². The van der Waals surface area contributed by atoms with Crippen molar-refractivity contribution in [2.24, 2.45) is 0 Å². The first kappa shape index (κ1) is 12.4. The first-order valence-corrected chi connectivity index (χ1v) is 7.14. The van der Waals surface area contributed by atoms with Gasteiger partial charge in [0.1, 0.15) is 5.75 Å². The second kappa shape index (κ2) is 4.83. The molecule has 0 atom stereocenters. The van der Waals surface area contributed by atoms with Gasteiger partial charge in [0.05, 0.1) is 11.3 Å². The van der Waals surface area contributed by atoms with E-state index in [9.17, 15) is 9.90 Å². The second-order valence-corrected chi connectivity index (χ2v) is 5.76. The van der Waals surface area contributed by atoms with Gasteiger partial charge in [-0.3, -0.25) is 10.1 Å². The van der Waals surface area contributed by atoms with Crippen molar-refractivity contribution in [2.45, 2.75) is 18.8 Å². The molecule has 1 amide bonds. The molecule has 0 spiro atoms. The minimum absolute atomic E-state index is 0.0964. The first-order valence-electron chi connectivity index (χ1n) is 5.89. The molecular weight excluding hydrogens is 284 g/mol. The monoisotopic (exact) mass is 294 g/mol. The molecule has 1 aromatic carbocycles. The zero-order valence-corrected chi connectivity index (χ0v) is 11.5. The van der Waals surface area contributed by atoms with E-state index in [1.165, 1.54) is 42.4 Å². The highest BCUT2D eigenvalue weighted by atomic mass is 35.5. The Morgan fingerprint density at radius 2 is 2.26 bits per heavy atom. The zero-order chi connectivity index (χ0) is 13.4. The standard InChI is InChI=1S/C13H11ClN2O2S/c14-8-3-4-11(17)9(5-8)12(18)16-13-15-10(6-19-13)7-1-2-7/h3-7,17H,1-2H2,(H,15,16,18). The Morgan fingerprint density at radius 1 is 1.47 bits per heavy atom. The third-order valence-corrected chi connectivity index (χ3v) is 3.95. The van der Waals surface area contributed by atoms with Crippen LogP contribution >= 0.6 is 22.9 Å². The van der Waals surface area contributed by atoms with E-state index in [1.807, 2.05) is 5.38 Å². The van der Waals surface area contributed by atoms with Crippen LogP contribution in [0.15, 0.2) is 23.6 Å². The maximum Gasteiger partial charge on any atom is 0.261 e. The summed E-state index contributed by atoms with van der Waals surface area (Å²) < 4.78 is 0. The van der Waals surface area contributed by atoms with Crippen LogP contribution in [0.5, 0.6) is 5.75 Å². The number of rotatable bonds is 3. The lowest BCUT2D eigenvalue weighted by Gasteiger charge is -2.04. The van der Waals surface area contributed by atoms with Gasteiger partial charge < -0.3 is 5.11 Å². The summed E-state index contributed by atoms with van der Waals surface area (Å²) in [7, 11) is 0. The minimum atomic E-state index is -0.406. The SMILES string of the molecule is O=C(Nc1nc(C2CC2)cs1)c1cc(Cl)ccc1O. The number of thiazole rings is 1. The maximum absolute atomic E-state index is 12.0. The molecule has 6 heteroatoms. The predicted molar refractivity (Wildman–Crippen MR) is 75.2 cm³/mol. The Bertz CT molecular complexity index is 637. The number of halogens is 1. The van der Waals surface area contributed by atoms with Gasteiger partial charge in [0.2, 0.25) is 0 Å². The van der Waals surface area contributed by atoms with Gasteiger partial charge in [-0.2, -0.15) is 0 Å². The zero-order valence-electron chi connectivity index (χ0n) is 9.89. The Labute approximate surface area is 119 Å². The van der Waals surface area contributed by atoms with Gasteiger partial charge in [-0.15, -0.1) is 11.3 Å². The number of hydrogen-bond donors (Lipinski definition) is 2. The number of amides is 1. The molecule has 4 nitrogen and oxygen atoms in total. The molecule has 0 unspecified atom stereocenters. The molecular formula is C13H11ClN2O2S. The molecule has 1 heterocycles. The van der Waals surface area contributed by atoms with Crippen molar-refractivity contribution in [2.75, 3.05) is 5.32 Å². The number of nitrogens with one attached hydrogen (secondary N) is 1. The van der Waals surface area contributed by atoms with Crippen LogP contribution in [0.1, 0.15) is 34.8 Å². The van der Waals surface area contributed by atoms with Crippen molar-refractivity contribution in [3.8, 4) is 5.75 Å². The molecule has 98 valence electrons. The van der Waals surface area contributed by atoms with Crippen molar-refractivity contribution >= 4 is 34.0 Å². The molecule has 0 aliphatic heterocycles. The van der Waals surface area contributed by atoms with Crippen LogP contribution in [0.2, 0.25) is 5.02 Å². The average molecular weight is 295 g/mol. The fourth-order valence-corrected chi connectivity index (χ4v) is 2.72. The Kier molecular flexibility index (Phi) is 3.16. The third-order valence-electron chi connectivity index (χ3n) is 2.94. The van der Waals surface area contributed by atoms with Gasteiger partial charge in [0, 0.05) is 16.3 Å². The van der Waals surface area contributed by atoms with Crippen LogP contribution in [0, 0.1) is 0 Å². The quantitative estimate of drug-likeness (QED) is 0.908. The third kappa shape index (κ3) is 2.72. The highest BCUT2D eigenvalue weighted by Gasteiger charge is 2.26. The van der Waals surface area contributed by atoms with Gasteiger partial charge in [-0.1, -0.05) is 11.6 Å². The largest absolute Gasteiger partial charge is 0.507 e. The molecule has 2 N–H and O–H groups in total. The van der Waals surface area contributed by atoms with Gasteiger partial charge in [-0.25, -0.2) is 4.98 Å². The number of aromatic hydroxyl groups is 1. The van der Waals surface area contributed by atoms with Crippen LogP contribution in [0.25, 0.3) is 0 Å². The Morgan fingerprint density at radius 3 is 3.00 bits per heavy atom. The van der Waals surface area contributed by atoms with Crippen molar-refractivity contribution < 1.29 is 9.90 Å². The van der Waals surface area contributed by atoms with Gasteiger partial charge in [-0.05, 0) is 31.0 Å². The summed E-state index contributed by atoms with van der Waals surface area (Å²) in [6.45, 7) is 0. The van der Waals surface area contributed by atoms with Crippen LogP contribution < -0.4 is 5.32 Å². The van der Waals surface area contributed by atoms with Gasteiger partial charge in [0.15, 0.2) is 5.13 Å². The van der Waals surface area contributed by atoms with E-state index in [0.717, 1.165) is 5.69 Å². The molecule has 0 saturated heterocycles. The lowest BCUT2D eigenvalue weighted by atomic mass is 10.2. The number of aromatic nitrogens is 1. The summed E-state index contributed by atoms with van der Waals surface area (Å²) >= 11 is 7.21. The summed E-state index contributed by atoms with van der Waals surface area (Å²) in [4.78, 5) is 16.4. The minimum Gasteiger partial charge on any atom is -0.507 e. The molecule has 2 aromatic rings. The Hall–Kier alpha value is -1.59. The molecule has 0 radical (unpaired) electrons. The number of benzene rings is 1. The molecule has 1 saturated carbocycles. The Balaban J connectivity index is 1.77. The molecule has 1 aromatic heterocycles. The number of phenolic OH excluding ortho intramolecular Hbond substituents is 1. The average Bonchev–Trinajstić information content (AvgIpc) is 3.13. The van der Waals surface area contributed by atoms with E-state index in [1.54, 1.807) is 0 Å². The topological polar surface area (TPSA) is 62.2 Å². The molecule has 1 fully saturated rings. The number of carbonyl (C=O) groups excluding carboxylic acids is 1. The van der Waals surface area contributed by atoms with Crippen molar-refractivity contribution in [3.05, 3.63) is 39.9 Å². The highest BCUT2D eigenvalue weighted by Crippen LogP contribution is 2.41. The van der Waals surface area contributed by atoms with E-state index in [4.69, 9.17) is 11.6 Å². The second-order valence-electron chi connectivity index (χ2n) is 4.47. The number of phenols is 1. The number of hydrogen-bond acceptors (Lipinski definition) is 4. The van der Waals surface area contributed by atoms with E-state index in [0.29, 0.717) is 16.1 Å². The first-order chi connectivity index (χ1) is 9.13. The number of carbonyl (C=O) groups is 1. The molecule has 19 heavy (non-hydrogen) atoms. The lowest BCUT2D eigenvalue weighted by Crippen LogP contribution is -2.12. The van der Waals surface area contributed by atoms with Gasteiger partial charge in [0.25, 0.3) is 5.91 Å². The van der Waals surface area contributed by atoms with Crippen molar-refractivity contribution in [3.63, 3.8) is 0 Å². The molecule has 3 rings (SSSR count). The molecule has 1 aliphatic rings. The summed E-state index contributed by atoms with van der Waals surface area (Å²) in [5, 5.41) is 15.2. The summed E-state index contributed by atoms with van der Waals surface area (Å²) in [5.41, 5.74) is 1.19. The van der Waals surface area contributed by atoms with Gasteiger partial charge >= 0.3 is 0 Å². The smallest absolute Gasteiger partial charge is 0.261 e. The van der Waals surface area contributed by atoms with E-state index >= 15 is 0 Å². The predicted octanol–water partition coefficient (Wildman–Crippen LogP) is 3.63. The number of anilines is 1. The van der Waals surface area contributed by atoms with E-state index in [2.05, 4.69) is 10.3 Å². The molecule has 1 aliphatic carbocycles. The van der Waals surface area contributed by atoms with Crippen LogP contribution in [-0.2, 0) is 0 Å². The van der Waals surface area contributed by atoms with E-state index in [-0.39, 0.29) is 11.3 Å². The molecule has 0 bridgehead atoms. The highest BCUT2D eigenvalue weighted by molar-refractivity contribution is 7.14. The summed E-state index contributed by atoms with van der Waals surface area (Å²) in [6.07, 6.45) is 2.35. The van der Waals surface area contributed by atoms with Crippen molar-refractivity contribution in [1.29, 1.82) is 0 Å². The van der Waals surface area contributed by atoms with Crippen LogP contribution in [-0.4, -0.2) is 16.0 Å². The summed E-state index contributed by atoms with van der Waals surface area (Å²) in [5.74, 6) is 0.0547. The maximum atomic E-state index is 12.0. The normalized spacial score (nSPS) is 14.4. The van der Waals surface area contributed by atoms with Crippen LogP contribution in [0.4, 0.5) is 5.13 Å². The number of nitrogens with zero attached hydrogens (tertiary/aromatic N) is 1. The van der Waals surface area contributed by atoms with E-state index < -0.39 is 5.91 Å².